The van der Waals surface area contributed by atoms with E-state index in [1.54, 1.807) is 12.3 Å². The molecule has 2 N–H and O–H groups in total. The zero-order valence-electron chi connectivity index (χ0n) is 13.0. The molecule has 0 aliphatic heterocycles. The molecule has 0 spiro atoms. The molecule has 120 valence electrons. The molecular formula is C18H15BrN4O. The van der Waals surface area contributed by atoms with Gasteiger partial charge in [-0.15, -0.1) is 0 Å². The van der Waals surface area contributed by atoms with Gasteiger partial charge in [0.05, 0.1) is 0 Å². The number of rotatable bonds is 4. The Morgan fingerprint density at radius 2 is 1.88 bits per heavy atom. The number of carbonyl (C=O) groups is 1. The van der Waals surface area contributed by atoms with Gasteiger partial charge in [0.1, 0.15) is 5.69 Å². The van der Waals surface area contributed by atoms with Crippen molar-refractivity contribution in [2.45, 2.75) is 6.92 Å². The number of carbonyl (C=O) groups excluding carboxylic acids is 1. The minimum Gasteiger partial charge on any atom is -0.324 e. The van der Waals surface area contributed by atoms with Crippen molar-refractivity contribution in [1.82, 2.24) is 9.97 Å². The first-order chi connectivity index (χ1) is 11.6. The topological polar surface area (TPSA) is 66.9 Å². The van der Waals surface area contributed by atoms with Gasteiger partial charge in [0.25, 0.3) is 5.91 Å². The highest BCUT2D eigenvalue weighted by molar-refractivity contribution is 9.10. The number of aromatic nitrogens is 2. The summed E-state index contributed by atoms with van der Waals surface area (Å²) in [6, 6.07) is 16.7. The highest BCUT2D eigenvalue weighted by atomic mass is 79.9. The maximum atomic E-state index is 12.3. The van der Waals surface area contributed by atoms with Crippen LogP contribution in [0.15, 0.2) is 65.3 Å². The van der Waals surface area contributed by atoms with Gasteiger partial charge in [0.15, 0.2) is 0 Å². The Bertz CT molecular complexity index is 868. The zero-order chi connectivity index (χ0) is 16.9. The Labute approximate surface area is 148 Å². The summed E-state index contributed by atoms with van der Waals surface area (Å²) >= 11 is 3.43. The minimum atomic E-state index is -0.279. The van der Waals surface area contributed by atoms with Crippen molar-refractivity contribution < 1.29 is 4.79 Å². The summed E-state index contributed by atoms with van der Waals surface area (Å²) in [4.78, 5) is 20.8. The van der Waals surface area contributed by atoms with E-state index in [0.29, 0.717) is 11.6 Å². The second kappa shape index (κ2) is 7.23. The lowest BCUT2D eigenvalue weighted by molar-refractivity contribution is 0.102. The summed E-state index contributed by atoms with van der Waals surface area (Å²) < 4.78 is 1.00. The second-order valence-electron chi connectivity index (χ2n) is 5.17. The fourth-order valence-corrected chi connectivity index (χ4v) is 2.63. The molecule has 0 fully saturated rings. The molecule has 0 aliphatic rings. The van der Waals surface area contributed by atoms with Gasteiger partial charge in [0, 0.05) is 22.0 Å². The molecule has 24 heavy (non-hydrogen) atoms. The Hall–Kier alpha value is -2.73. The summed E-state index contributed by atoms with van der Waals surface area (Å²) in [5, 5.41) is 5.94. The molecule has 6 heteroatoms. The number of benzene rings is 2. The first-order valence-electron chi connectivity index (χ1n) is 7.34. The van der Waals surface area contributed by atoms with Crippen LogP contribution in [0.4, 0.5) is 17.3 Å². The smallest absolute Gasteiger partial charge is 0.274 e. The predicted molar refractivity (Wildman–Crippen MR) is 98.6 cm³/mol. The zero-order valence-corrected chi connectivity index (χ0v) is 14.5. The van der Waals surface area contributed by atoms with Crippen LogP contribution in [-0.4, -0.2) is 15.9 Å². The van der Waals surface area contributed by atoms with Gasteiger partial charge in [-0.2, -0.15) is 0 Å². The van der Waals surface area contributed by atoms with Gasteiger partial charge in [-0.25, -0.2) is 9.97 Å². The third-order valence-electron chi connectivity index (χ3n) is 3.35. The molecule has 0 atom stereocenters. The number of para-hydroxylation sites is 1. The van der Waals surface area contributed by atoms with Crippen molar-refractivity contribution in [3.63, 3.8) is 0 Å². The van der Waals surface area contributed by atoms with Crippen molar-refractivity contribution in [3.8, 4) is 0 Å². The fraction of sp³-hybridized carbons (Fsp3) is 0.0556. The molecule has 1 aromatic heterocycles. The van der Waals surface area contributed by atoms with Crippen LogP contribution < -0.4 is 10.6 Å². The van der Waals surface area contributed by atoms with Crippen molar-refractivity contribution in [2.24, 2.45) is 0 Å². The standard InChI is InChI=1S/C18H15BrN4O/c1-12-11-13(19)7-8-15(12)22-18-20-10-9-16(23-18)17(24)21-14-5-3-2-4-6-14/h2-11H,1H3,(H,21,24)(H,20,22,23). The third-order valence-corrected chi connectivity index (χ3v) is 3.85. The lowest BCUT2D eigenvalue weighted by Gasteiger charge is -2.09. The lowest BCUT2D eigenvalue weighted by atomic mass is 10.2. The molecule has 2 aromatic carbocycles. The summed E-state index contributed by atoms with van der Waals surface area (Å²) in [6.45, 7) is 1.99. The van der Waals surface area contributed by atoms with E-state index in [1.807, 2.05) is 55.5 Å². The van der Waals surface area contributed by atoms with E-state index in [4.69, 9.17) is 0 Å². The van der Waals surface area contributed by atoms with Gasteiger partial charge in [0.2, 0.25) is 5.95 Å². The van der Waals surface area contributed by atoms with Crippen molar-refractivity contribution in [1.29, 1.82) is 0 Å². The number of amides is 1. The largest absolute Gasteiger partial charge is 0.324 e. The number of aryl methyl sites for hydroxylation is 1. The Balaban J connectivity index is 1.77. The molecule has 0 radical (unpaired) electrons. The molecule has 3 rings (SSSR count). The van der Waals surface area contributed by atoms with Crippen LogP contribution in [-0.2, 0) is 0 Å². The Morgan fingerprint density at radius 3 is 2.62 bits per heavy atom. The van der Waals surface area contributed by atoms with Gasteiger partial charge in [-0.3, -0.25) is 4.79 Å². The van der Waals surface area contributed by atoms with Gasteiger partial charge in [-0.05, 0) is 48.9 Å². The quantitative estimate of drug-likeness (QED) is 0.694. The van der Waals surface area contributed by atoms with Crippen molar-refractivity contribution in [2.75, 3.05) is 10.6 Å². The predicted octanol–water partition coefficient (Wildman–Crippen LogP) is 4.54. The maximum Gasteiger partial charge on any atom is 0.274 e. The summed E-state index contributed by atoms with van der Waals surface area (Å²) in [6.07, 6.45) is 1.56. The lowest BCUT2D eigenvalue weighted by Crippen LogP contribution is -2.14. The fourth-order valence-electron chi connectivity index (χ4n) is 2.15. The average Bonchev–Trinajstić information content (AvgIpc) is 2.59. The van der Waals surface area contributed by atoms with Crippen LogP contribution in [0.25, 0.3) is 0 Å². The molecule has 3 aromatic rings. The number of hydrogen-bond acceptors (Lipinski definition) is 4. The van der Waals surface area contributed by atoms with E-state index < -0.39 is 0 Å². The van der Waals surface area contributed by atoms with Crippen LogP contribution in [0.3, 0.4) is 0 Å². The van der Waals surface area contributed by atoms with Gasteiger partial charge >= 0.3 is 0 Å². The molecule has 1 amide bonds. The van der Waals surface area contributed by atoms with E-state index >= 15 is 0 Å². The van der Waals surface area contributed by atoms with Crippen LogP contribution in [0.1, 0.15) is 16.1 Å². The molecule has 0 aliphatic carbocycles. The normalized spacial score (nSPS) is 10.2. The summed E-state index contributed by atoms with van der Waals surface area (Å²) in [7, 11) is 0. The molecule has 5 nitrogen and oxygen atoms in total. The molecular weight excluding hydrogens is 368 g/mol. The van der Waals surface area contributed by atoms with E-state index in [9.17, 15) is 4.79 Å². The molecule has 0 bridgehead atoms. The highest BCUT2D eigenvalue weighted by Gasteiger charge is 2.10. The van der Waals surface area contributed by atoms with E-state index in [1.165, 1.54) is 0 Å². The molecule has 0 unspecified atom stereocenters. The molecule has 1 heterocycles. The monoisotopic (exact) mass is 382 g/mol. The second-order valence-corrected chi connectivity index (χ2v) is 6.09. The van der Waals surface area contributed by atoms with E-state index in [-0.39, 0.29) is 5.91 Å². The number of nitrogens with one attached hydrogen (secondary N) is 2. The minimum absolute atomic E-state index is 0.279. The first-order valence-corrected chi connectivity index (χ1v) is 8.14. The van der Waals surface area contributed by atoms with Crippen molar-refractivity contribution in [3.05, 3.63) is 76.5 Å². The van der Waals surface area contributed by atoms with Crippen LogP contribution >= 0.6 is 15.9 Å². The SMILES string of the molecule is Cc1cc(Br)ccc1Nc1nccc(C(=O)Nc2ccccc2)n1. The molecule has 0 saturated heterocycles. The maximum absolute atomic E-state index is 12.3. The first kappa shape index (κ1) is 16.1. The van der Waals surface area contributed by atoms with E-state index in [0.717, 1.165) is 21.4 Å². The Morgan fingerprint density at radius 1 is 1.08 bits per heavy atom. The highest BCUT2D eigenvalue weighted by Crippen LogP contribution is 2.22. The third kappa shape index (κ3) is 3.97. The van der Waals surface area contributed by atoms with Crippen LogP contribution in [0, 0.1) is 6.92 Å². The number of nitrogens with zero attached hydrogens (tertiary/aromatic N) is 2. The van der Waals surface area contributed by atoms with E-state index in [2.05, 4.69) is 36.5 Å². The van der Waals surface area contributed by atoms with Gasteiger partial charge in [-0.1, -0.05) is 34.1 Å². The summed E-state index contributed by atoms with van der Waals surface area (Å²) in [5.74, 6) is 0.0975. The van der Waals surface area contributed by atoms with Crippen molar-refractivity contribution >= 4 is 39.2 Å². The number of halogens is 1. The van der Waals surface area contributed by atoms with Crippen LogP contribution in [0.2, 0.25) is 0 Å². The average molecular weight is 383 g/mol. The number of anilines is 3. The Kier molecular flexibility index (Phi) is 4.86. The summed E-state index contributed by atoms with van der Waals surface area (Å²) in [5.41, 5.74) is 2.96. The molecule has 0 saturated carbocycles. The number of hydrogen-bond donors (Lipinski definition) is 2. The van der Waals surface area contributed by atoms with Gasteiger partial charge < -0.3 is 10.6 Å². The van der Waals surface area contributed by atoms with Crippen LogP contribution in [0.5, 0.6) is 0 Å².